The third kappa shape index (κ3) is 7.88. The summed E-state index contributed by atoms with van der Waals surface area (Å²) in [5.74, 6) is -0.743. The Morgan fingerprint density at radius 1 is 1.33 bits per heavy atom. The van der Waals surface area contributed by atoms with Crippen LogP contribution in [0, 0.1) is 0 Å². The van der Waals surface area contributed by atoms with E-state index in [0.29, 0.717) is 12.8 Å². The standard InChI is InChI=1S/C8H16O3S/c9-6-5-7(12)3-1-2-4-8(10)11/h7,9,12H,1-6H2,(H,10,11)/t7-/m1/s1. The van der Waals surface area contributed by atoms with Gasteiger partial charge >= 0.3 is 5.97 Å². The van der Waals surface area contributed by atoms with E-state index >= 15 is 0 Å². The van der Waals surface area contributed by atoms with Gasteiger partial charge in [-0.05, 0) is 19.3 Å². The fourth-order valence-corrected chi connectivity index (χ4v) is 1.25. The van der Waals surface area contributed by atoms with E-state index in [9.17, 15) is 4.79 Å². The zero-order valence-electron chi connectivity index (χ0n) is 7.07. The number of carboxylic acid groups (broad SMARTS) is 1. The fraction of sp³-hybridized carbons (Fsp3) is 0.875. The van der Waals surface area contributed by atoms with Crippen molar-refractivity contribution in [2.75, 3.05) is 6.61 Å². The normalized spacial score (nSPS) is 12.8. The summed E-state index contributed by atoms with van der Waals surface area (Å²) in [7, 11) is 0. The van der Waals surface area contributed by atoms with Crippen molar-refractivity contribution < 1.29 is 15.0 Å². The highest BCUT2D eigenvalue weighted by Gasteiger charge is 2.02. The number of hydrogen-bond acceptors (Lipinski definition) is 3. The van der Waals surface area contributed by atoms with Crippen molar-refractivity contribution in [2.45, 2.75) is 37.4 Å². The maximum atomic E-state index is 10.1. The second kappa shape index (κ2) is 7.43. The maximum absolute atomic E-state index is 10.1. The van der Waals surface area contributed by atoms with Crippen LogP contribution in [0.4, 0.5) is 0 Å². The van der Waals surface area contributed by atoms with Crippen molar-refractivity contribution in [1.29, 1.82) is 0 Å². The molecule has 0 aromatic carbocycles. The quantitative estimate of drug-likeness (QED) is 0.421. The van der Waals surface area contributed by atoms with Gasteiger partial charge in [0.2, 0.25) is 0 Å². The molecule has 12 heavy (non-hydrogen) atoms. The summed E-state index contributed by atoms with van der Waals surface area (Å²) >= 11 is 4.23. The molecule has 0 aliphatic carbocycles. The Kier molecular flexibility index (Phi) is 7.29. The molecule has 0 aliphatic rings. The van der Waals surface area contributed by atoms with Gasteiger partial charge in [0.1, 0.15) is 0 Å². The smallest absolute Gasteiger partial charge is 0.303 e. The Balaban J connectivity index is 3.13. The van der Waals surface area contributed by atoms with E-state index in [-0.39, 0.29) is 18.3 Å². The van der Waals surface area contributed by atoms with Gasteiger partial charge < -0.3 is 10.2 Å². The van der Waals surface area contributed by atoms with E-state index in [0.717, 1.165) is 12.8 Å². The first-order valence-corrected chi connectivity index (χ1v) is 4.69. The summed E-state index contributed by atoms with van der Waals surface area (Å²) in [5.41, 5.74) is 0. The van der Waals surface area contributed by atoms with Crippen LogP contribution < -0.4 is 0 Å². The molecule has 0 rings (SSSR count). The second-order valence-corrected chi connectivity index (χ2v) is 3.54. The maximum Gasteiger partial charge on any atom is 0.303 e. The zero-order valence-corrected chi connectivity index (χ0v) is 7.96. The first-order valence-electron chi connectivity index (χ1n) is 4.17. The predicted octanol–water partition coefficient (Wildman–Crippen LogP) is 1.31. The van der Waals surface area contributed by atoms with E-state index in [1.165, 1.54) is 0 Å². The number of hydrogen-bond donors (Lipinski definition) is 3. The van der Waals surface area contributed by atoms with Gasteiger partial charge in [-0.15, -0.1) is 0 Å². The minimum Gasteiger partial charge on any atom is -0.481 e. The van der Waals surface area contributed by atoms with E-state index < -0.39 is 5.97 Å². The van der Waals surface area contributed by atoms with Crippen LogP contribution in [0.5, 0.6) is 0 Å². The highest BCUT2D eigenvalue weighted by Crippen LogP contribution is 2.11. The van der Waals surface area contributed by atoms with Crippen molar-refractivity contribution in [2.24, 2.45) is 0 Å². The molecule has 0 heterocycles. The molecule has 1 atom stereocenters. The SMILES string of the molecule is O=C(O)CCCC[C@@H](S)CCO. The first kappa shape index (κ1) is 11.8. The predicted molar refractivity (Wildman–Crippen MR) is 50.6 cm³/mol. The Labute approximate surface area is 78.2 Å². The van der Waals surface area contributed by atoms with Crippen LogP contribution in [0.1, 0.15) is 32.1 Å². The van der Waals surface area contributed by atoms with E-state index in [1.807, 2.05) is 0 Å². The molecule has 0 saturated heterocycles. The Morgan fingerprint density at radius 2 is 2.00 bits per heavy atom. The summed E-state index contributed by atoms with van der Waals surface area (Å²) in [6.07, 6.45) is 3.39. The average Bonchev–Trinajstić information content (AvgIpc) is 1.98. The van der Waals surface area contributed by atoms with Crippen LogP contribution in [0.2, 0.25) is 0 Å². The molecule has 0 bridgehead atoms. The van der Waals surface area contributed by atoms with E-state index in [1.54, 1.807) is 0 Å². The number of aliphatic hydroxyl groups is 1. The summed E-state index contributed by atoms with van der Waals surface area (Å²) in [6.45, 7) is 0.160. The molecule has 0 aromatic heterocycles. The number of carbonyl (C=O) groups is 1. The summed E-state index contributed by atoms with van der Waals surface area (Å²) in [4.78, 5) is 10.1. The first-order chi connectivity index (χ1) is 5.66. The summed E-state index contributed by atoms with van der Waals surface area (Å²) < 4.78 is 0. The Morgan fingerprint density at radius 3 is 2.50 bits per heavy atom. The molecule has 72 valence electrons. The van der Waals surface area contributed by atoms with E-state index in [2.05, 4.69) is 12.6 Å². The number of unbranched alkanes of at least 4 members (excludes halogenated alkanes) is 1. The largest absolute Gasteiger partial charge is 0.481 e. The van der Waals surface area contributed by atoms with Crippen LogP contribution in [0.15, 0.2) is 0 Å². The number of aliphatic carboxylic acids is 1. The minimum atomic E-state index is -0.743. The van der Waals surface area contributed by atoms with Gasteiger partial charge in [0.05, 0.1) is 0 Å². The zero-order chi connectivity index (χ0) is 9.40. The molecule has 3 nitrogen and oxygen atoms in total. The van der Waals surface area contributed by atoms with E-state index in [4.69, 9.17) is 10.2 Å². The van der Waals surface area contributed by atoms with Crippen LogP contribution in [0.25, 0.3) is 0 Å². The van der Waals surface area contributed by atoms with Crippen LogP contribution in [0.3, 0.4) is 0 Å². The fourth-order valence-electron chi connectivity index (χ4n) is 0.950. The van der Waals surface area contributed by atoms with Gasteiger partial charge in [-0.25, -0.2) is 0 Å². The van der Waals surface area contributed by atoms with Gasteiger partial charge in [0.25, 0.3) is 0 Å². The lowest BCUT2D eigenvalue weighted by atomic mass is 10.1. The highest BCUT2D eigenvalue weighted by atomic mass is 32.1. The van der Waals surface area contributed by atoms with Gasteiger partial charge in [-0.1, -0.05) is 6.42 Å². The molecule has 2 N–H and O–H groups in total. The molecule has 0 fully saturated rings. The van der Waals surface area contributed by atoms with Crippen LogP contribution >= 0.6 is 12.6 Å². The Bertz CT molecular complexity index is 127. The molecule has 0 aliphatic heterocycles. The van der Waals surface area contributed by atoms with Gasteiger partial charge in [0.15, 0.2) is 0 Å². The lowest BCUT2D eigenvalue weighted by Crippen LogP contribution is -2.02. The average molecular weight is 192 g/mol. The lowest BCUT2D eigenvalue weighted by molar-refractivity contribution is -0.137. The van der Waals surface area contributed by atoms with Crippen molar-refractivity contribution >= 4 is 18.6 Å². The second-order valence-electron chi connectivity index (χ2n) is 2.81. The summed E-state index contributed by atoms with van der Waals surface area (Å²) in [5, 5.41) is 17.1. The molecule has 0 amide bonds. The number of rotatable bonds is 7. The lowest BCUT2D eigenvalue weighted by Gasteiger charge is -2.06. The molecular formula is C8H16O3S. The van der Waals surface area contributed by atoms with Crippen molar-refractivity contribution in [3.8, 4) is 0 Å². The third-order valence-corrected chi connectivity index (χ3v) is 2.16. The monoisotopic (exact) mass is 192 g/mol. The minimum absolute atomic E-state index is 0.160. The molecular weight excluding hydrogens is 176 g/mol. The summed E-state index contributed by atoms with van der Waals surface area (Å²) in [6, 6.07) is 0. The van der Waals surface area contributed by atoms with Crippen molar-refractivity contribution in [1.82, 2.24) is 0 Å². The third-order valence-electron chi connectivity index (χ3n) is 1.64. The number of carboxylic acids is 1. The Hall–Kier alpha value is -0.220. The molecule has 0 spiro atoms. The van der Waals surface area contributed by atoms with Crippen LogP contribution in [-0.4, -0.2) is 28.0 Å². The molecule has 0 saturated carbocycles. The topological polar surface area (TPSA) is 57.5 Å². The molecule has 0 unspecified atom stereocenters. The van der Waals surface area contributed by atoms with Crippen molar-refractivity contribution in [3.05, 3.63) is 0 Å². The molecule has 0 radical (unpaired) electrons. The van der Waals surface area contributed by atoms with Gasteiger partial charge in [0, 0.05) is 18.3 Å². The number of aliphatic hydroxyl groups excluding tert-OH is 1. The van der Waals surface area contributed by atoms with Gasteiger partial charge in [-0.2, -0.15) is 12.6 Å². The van der Waals surface area contributed by atoms with Crippen LogP contribution in [-0.2, 0) is 4.79 Å². The molecule has 4 heteroatoms. The number of thiol groups is 1. The molecule has 0 aromatic rings. The highest BCUT2D eigenvalue weighted by molar-refractivity contribution is 7.80. The van der Waals surface area contributed by atoms with Gasteiger partial charge in [-0.3, -0.25) is 4.79 Å². The van der Waals surface area contributed by atoms with Crippen molar-refractivity contribution in [3.63, 3.8) is 0 Å².